The average molecular weight is 554 g/mol. The molecule has 0 radical (unpaired) electrons. The molecule has 0 heterocycles. The summed E-state index contributed by atoms with van der Waals surface area (Å²) in [6, 6.07) is 28.2. The minimum Gasteiger partial charge on any atom is -0.457 e. The van der Waals surface area contributed by atoms with Crippen LogP contribution in [0.25, 0.3) is 0 Å². The molecule has 0 aliphatic carbocycles. The van der Waals surface area contributed by atoms with Gasteiger partial charge < -0.3 is 34.5 Å². The maximum absolute atomic E-state index is 9.67. The highest BCUT2D eigenvalue weighted by Crippen LogP contribution is 2.24. The second-order valence-corrected chi connectivity index (χ2v) is 8.33. The first kappa shape index (κ1) is 32.5. The van der Waals surface area contributed by atoms with Crippen LogP contribution in [-0.4, -0.2) is 41.7 Å². The van der Waals surface area contributed by atoms with E-state index in [4.69, 9.17) is 29.8 Å². The summed E-state index contributed by atoms with van der Waals surface area (Å²) in [5.74, 6) is 2.45. The summed E-state index contributed by atoms with van der Waals surface area (Å²) in [6.07, 6.45) is 0. The lowest BCUT2D eigenvalue weighted by atomic mass is 9.76. The van der Waals surface area contributed by atoms with E-state index < -0.39 is 7.12 Å². The van der Waals surface area contributed by atoms with Crippen LogP contribution in [0.3, 0.4) is 0 Å². The van der Waals surface area contributed by atoms with Gasteiger partial charge in [-0.1, -0.05) is 12.1 Å². The Hall–Kier alpha value is -4.68. The van der Waals surface area contributed by atoms with E-state index in [2.05, 4.69) is 6.07 Å². The predicted octanol–water partition coefficient (Wildman–Crippen LogP) is 3.94. The van der Waals surface area contributed by atoms with Gasteiger partial charge in [0.25, 0.3) is 0 Å². The van der Waals surface area contributed by atoms with Gasteiger partial charge in [-0.05, 0) is 102 Å². The number of nitriles is 2. The van der Waals surface area contributed by atoms with Crippen molar-refractivity contribution < 1.29 is 34.5 Å². The van der Waals surface area contributed by atoms with E-state index in [1.165, 1.54) is 7.11 Å². The molecule has 0 saturated heterocycles. The number of hydrogen-bond donors (Lipinski definition) is 4. The van der Waals surface area contributed by atoms with Crippen molar-refractivity contribution in [2.24, 2.45) is 0 Å². The molecule has 10 heteroatoms. The van der Waals surface area contributed by atoms with Crippen molar-refractivity contribution in [3.63, 3.8) is 0 Å². The number of ether oxygens (including phenoxy) is 2. The van der Waals surface area contributed by atoms with Gasteiger partial charge in [-0.15, -0.1) is 0 Å². The highest BCUT2D eigenvalue weighted by atomic mass is 16.5. The summed E-state index contributed by atoms with van der Waals surface area (Å²) < 4.78 is 16.1. The molecule has 4 rings (SSSR count). The van der Waals surface area contributed by atoms with E-state index in [1.54, 1.807) is 66.7 Å². The zero-order chi connectivity index (χ0) is 30.2. The van der Waals surface area contributed by atoms with Gasteiger partial charge in [0.2, 0.25) is 0 Å². The van der Waals surface area contributed by atoms with Crippen LogP contribution in [0.4, 0.5) is 0 Å². The second-order valence-electron chi connectivity index (χ2n) is 8.33. The first-order valence-electron chi connectivity index (χ1n) is 12.4. The van der Waals surface area contributed by atoms with Crippen LogP contribution in [0.5, 0.6) is 23.0 Å². The van der Waals surface area contributed by atoms with Crippen LogP contribution in [0.2, 0.25) is 0 Å². The van der Waals surface area contributed by atoms with E-state index in [9.17, 15) is 15.2 Å². The molecule has 0 spiro atoms. The van der Waals surface area contributed by atoms with Crippen molar-refractivity contribution in [3.05, 3.63) is 113 Å². The zero-order valence-electron chi connectivity index (χ0n) is 23.0. The fourth-order valence-electron chi connectivity index (χ4n) is 3.50. The van der Waals surface area contributed by atoms with E-state index in [0.717, 1.165) is 18.2 Å². The normalized spacial score (nSPS) is 9.59. The third-order valence-electron chi connectivity index (χ3n) is 5.70. The smallest absolute Gasteiger partial charge is 0.457 e. The monoisotopic (exact) mass is 554 g/mol. The largest absolute Gasteiger partial charge is 0.491 e. The number of aliphatic hydroxyl groups is 3. The molecule has 0 bridgehead atoms. The fraction of sp³-hybridized carbons (Fsp3) is 0.161. The standard InChI is InChI=1S/C15H14BNO4.C15H13NO2.CH4O/c1-20-16(19)15-7-6-14(8-12(15)10-18)21-13-4-2-11(9-17)3-5-13;1-11-2-5-15(8-13(11)10-17)18-14-6-3-12(9-16)4-7-14;1-2/h2-8,18-19H,10H2,1H3;2-8,17H,10H2,1H3;2H,1H3. The highest BCUT2D eigenvalue weighted by Gasteiger charge is 2.19. The number of hydrogen-bond acceptors (Lipinski definition) is 9. The summed E-state index contributed by atoms with van der Waals surface area (Å²) in [6.45, 7) is 1.70. The molecule has 9 nitrogen and oxygen atoms in total. The van der Waals surface area contributed by atoms with Gasteiger partial charge in [-0.25, -0.2) is 0 Å². The van der Waals surface area contributed by atoms with Crippen LogP contribution >= 0.6 is 0 Å². The average Bonchev–Trinajstić information content (AvgIpc) is 3.03. The van der Waals surface area contributed by atoms with Crippen molar-refractivity contribution >= 4 is 12.6 Å². The third kappa shape index (κ3) is 9.78. The van der Waals surface area contributed by atoms with Crippen LogP contribution in [-0.2, 0) is 17.9 Å². The van der Waals surface area contributed by atoms with Crippen molar-refractivity contribution in [1.82, 2.24) is 0 Å². The minimum absolute atomic E-state index is 0.00357. The molecule has 0 aromatic heterocycles. The van der Waals surface area contributed by atoms with E-state index in [1.807, 2.05) is 31.2 Å². The van der Waals surface area contributed by atoms with Crippen molar-refractivity contribution in [3.8, 4) is 35.1 Å². The topological polar surface area (TPSA) is 156 Å². The summed E-state index contributed by atoms with van der Waals surface area (Å²) >= 11 is 0. The van der Waals surface area contributed by atoms with E-state index in [0.29, 0.717) is 45.2 Å². The minimum atomic E-state index is -1.09. The predicted molar refractivity (Wildman–Crippen MR) is 155 cm³/mol. The van der Waals surface area contributed by atoms with Gasteiger partial charge in [0, 0.05) is 14.2 Å². The Morgan fingerprint density at radius 2 is 1.07 bits per heavy atom. The van der Waals surface area contributed by atoms with Gasteiger partial charge in [-0.2, -0.15) is 10.5 Å². The van der Waals surface area contributed by atoms with Crippen LogP contribution < -0.4 is 14.9 Å². The second kappa shape index (κ2) is 17.1. The van der Waals surface area contributed by atoms with Crippen molar-refractivity contribution in [2.45, 2.75) is 20.1 Å². The Morgan fingerprint density at radius 1 is 0.659 bits per heavy atom. The van der Waals surface area contributed by atoms with Gasteiger partial charge in [-0.3, -0.25) is 0 Å². The Labute approximate surface area is 239 Å². The third-order valence-corrected chi connectivity index (χ3v) is 5.70. The molecule has 0 fully saturated rings. The van der Waals surface area contributed by atoms with Crippen LogP contribution in [0.15, 0.2) is 84.9 Å². The van der Waals surface area contributed by atoms with Gasteiger partial charge >= 0.3 is 7.12 Å². The Kier molecular flexibility index (Phi) is 13.6. The molecule has 0 unspecified atom stereocenters. The van der Waals surface area contributed by atoms with Crippen molar-refractivity contribution in [1.29, 1.82) is 10.5 Å². The quantitative estimate of drug-likeness (QED) is 0.237. The molecule has 0 saturated carbocycles. The lowest BCUT2D eigenvalue weighted by Gasteiger charge is -2.12. The van der Waals surface area contributed by atoms with Gasteiger partial charge in [0.1, 0.15) is 23.0 Å². The first-order valence-corrected chi connectivity index (χ1v) is 12.4. The van der Waals surface area contributed by atoms with Crippen molar-refractivity contribution in [2.75, 3.05) is 14.2 Å². The lowest BCUT2D eigenvalue weighted by Crippen LogP contribution is -2.35. The number of rotatable bonds is 8. The first-order chi connectivity index (χ1) is 19.9. The Balaban J connectivity index is 0.000000273. The summed E-state index contributed by atoms with van der Waals surface area (Å²) in [4.78, 5) is 0. The Morgan fingerprint density at radius 3 is 1.49 bits per heavy atom. The lowest BCUT2D eigenvalue weighted by molar-refractivity contribution is 0.280. The summed E-state index contributed by atoms with van der Waals surface area (Å²) in [5.41, 5.74) is 4.05. The molecule has 41 heavy (non-hydrogen) atoms. The number of aryl methyl sites for hydroxylation is 1. The molecule has 4 aromatic rings. The summed E-state index contributed by atoms with van der Waals surface area (Å²) in [5, 5.41) is 52.7. The molecule has 0 aliphatic heterocycles. The summed E-state index contributed by atoms with van der Waals surface area (Å²) in [7, 11) is 1.29. The van der Waals surface area contributed by atoms with Gasteiger partial charge in [0.15, 0.2) is 0 Å². The highest BCUT2D eigenvalue weighted by molar-refractivity contribution is 6.60. The molecule has 0 atom stereocenters. The van der Waals surface area contributed by atoms with E-state index >= 15 is 0 Å². The Bertz CT molecular complexity index is 1460. The maximum atomic E-state index is 9.67. The van der Waals surface area contributed by atoms with Crippen LogP contribution in [0, 0.1) is 29.6 Å². The fourth-order valence-corrected chi connectivity index (χ4v) is 3.50. The zero-order valence-corrected chi connectivity index (χ0v) is 23.0. The molecular formula is C31H31BN2O7. The molecule has 0 amide bonds. The molecule has 4 N–H and O–H groups in total. The van der Waals surface area contributed by atoms with E-state index in [-0.39, 0.29) is 13.2 Å². The maximum Gasteiger partial charge on any atom is 0.491 e. The number of aliphatic hydroxyl groups excluding tert-OH is 3. The SMILES string of the molecule is CO.COB(O)c1ccc(Oc2ccc(C#N)cc2)cc1CO.Cc1ccc(Oc2ccc(C#N)cc2)cc1CO. The number of nitrogens with zero attached hydrogens (tertiary/aromatic N) is 2. The van der Waals surface area contributed by atoms with Gasteiger partial charge in [0.05, 0.1) is 36.5 Å². The molecule has 210 valence electrons. The number of benzene rings is 4. The molecule has 4 aromatic carbocycles. The molecular weight excluding hydrogens is 523 g/mol. The molecule has 0 aliphatic rings. The van der Waals surface area contributed by atoms with Crippen LogP contribution in [0.1, 0.15) is 27.8 Å².